The molecule has 3 aromatic heterocycles. The number of nitrogens with zero attached hydrogens (tertiary/aromatic N) is 7. The third-order valence-electron chi connectivity index (χ3n) is 5.91. The molecule has 1 fully saturated rings. The number of carbonyl (C=O) groups is 1. The van der Waals surface area contributed by atoms with Gasteiger partial charge < -0.3 is 5.32 Å². The van der Waals surface area contributed by atoms with Crippen LogP contribution >= 0.6 is 11.7 Å². The van der Waals surface area contributed by atoms with Crippen LogP contribution < -0.4 is 10.2 Å². The lowest BCUT2D eigenvalue weighted by molar-refractivity contribution is -0.119. The molecule has 1 aliphatic heterocycles. The van der Waals surface area contributed by atoms with Crippen molar-refractivity contribution < 1.29 is 13.6 Å². The van der Waals surface area contributed by atoms with Crippen molar-refractivity contribution in [2.45, 2.75) is 38.2 Å². The van der Waals surface area contributed by atoms with E-state index in [-0.39, 0.29) is 5.91 Å². The van der Waals surface area contributed by atoms with Crippen LogP contribution in [0.3, 0.4) is 0 Å². The van der Waals surface area contributed by atoms with Gasteiger partial charge >= 0.3 is 0 Å². The minimum atomic E-state index is -2.54. The highest BCUT2D eigenvalue weighted by Gasteiger charge is 2.60. The molecule has 162 valence electrons. The van der Waals surface area contributed by atoms with Crippen LogP contribution in [0.1, 0.15) is 24.0 Å². The molecule has 4 heterocycles. The summed E-state index contributed by atoms with van der Waals surface area (Å²) in [5.74, 6) is 0.655. The van der Waals surface area contributed by atoms with Crippen LogP contribution in [0.5, 0.6) is 0 Å². The summed E-state index contributed by atoms with van der Waals surface area (Å²) >= 11 is 1.15. The molecular weight excluding hydrogens is 438 g/mol. The number of carbonyl (C=O) groups excluding carboxylic acids is 1. The quantitative estimate of drug-likeness (QED) is 0.491. The van der Waals surface area contributed by atoms with Crippen molar-refractivity contribution in [3.05, 3.63) is 41.9 Å². The van der Waals surface area contributed by atoms with Crippen molar-refractivity contribution in [2.24, 2.45) is 0 Å². The number of nitrogens with one attached hydrogen (secondary N) is 1. The van der Waals surface area contributed by atoms with Gasteiger partial charge in [0.1, 0.15) is 23.4 Å². The second-order valence-electron chi connectivity index (χ2n) is 8.01. The van der Waals surface area contributed by atoms with Gasteiger partial charge in [-0.25, -0.2) is 13.8 Å². The highest BCUT2D eigenvalue weighted by atomic mass is 32.1. The van der Waals surface area contributed by atoms with Crippen LogP contribution in [-0.4, -0.2) is 40.8 Å². The molecule has 0 atom stereocenters. The molecule has 2 aliphatic rings. The number of rotatable bonds is 5. The zero-order chi connectivity index (χ0) is 22.0. The molecular formula is C20H16F2N8OS. The van der Waals surface area contributed by atoms with Gasteiger partial charge in [-0.3, -0.25) is 14.4 Å². The van der Waals surface area contributed by atoms with E-state index < -0.39 is 18.4 Å². The first-order valence-electron chi connectivity index (χ1n) is 9.97. The van der Waals surface area contributed by atoms with Crippen molar-refractivity contribution >= 4 is 51.8 Å². The molecule has 1 aliphatic carbocycles. The summed E-state index contributed by atoms with van der Waals surface area (Å²) in [5.41, 5.74) is 3.87. The molecule has 1 aromatic carbocycles. The van der Waals surface area contributed by atoms with E-state index in [1.54, 1.807) is 6.20 Å². The standard InChI is InChI=1S/C20H16F2N8OS/c1-10-4-14-15(28-32-27-14)5-13(10)25-19-23-7-12-17(26-19)30(18(31)20(12)2-3-20)11-6-24-29(8-11)9-16(21)22/h4-8,16H,2-3,9H2,1H3,(H,23,25,26). The zero-order valence-electron chi connectivity index (χ0n) is 16.8. The molecule has 1 saturated carbocycles. The van der Waals surface area contributed by atoms with E-state index in [1.807, 2.05) is 19.1 Å². The van der Waals surface area contributed by atoms with Crippen LogP contribution in [-0.2, 0) is 16.8 Å². The summed E-state index contributed by atoms with van der Waals surface area (Å²) in [6.45, 7) is 1.41. The van der Waals surface area contributed by atoms with Gasteiger partial charge in [-0.2, -0.15) is 18.8 Å². The fourth-order valence-corrected chi connectivity index (χ4v) is 4.62. The molecule has 6 rings (SSSR count). The monoisotopic (exact) mass is 454 g/mol. The van der Waals surface area contributed by atoms with Gasteiger partial charge in [0.25, 0.3) is 6.43 Å². The van der Waals surface area contributed by atoms with Gasteiger partial charge in [-0.1, -0.05) is 0 Å². The molecule has 0 saturated heterocycles. The molecule has 32 heavy (non-hydrogen) atoms. The SMILES string of the molecule is Cc1cc2nsnc2cc1Nc1ncc2c(n1)N(c1cnn(CC(F)F)c1)C(=O)C21CC1. The van der Waals surface area contributed by atoms with Gasteiger partial charge in [0, 0.05) is 23.6 Å². The topological polar surface area (TPSA) is 102 Å². The highest BCUT2D eigenvalue weighted by Crippen LogP contribution is 2.58. The third-order valence-corrected chi connectivity index (χ3v) is 6.46. The maximum Gasteiger partial charge on any atom is 0.257 e. The summed E-state index contributed by atoms with van der Waals surface area (Å²) in [5, 5.41) is 7.18. The molecule has 9 nitrogen and oxygen atoms in total. The largest absolute Gasteiger partial charge is 0.324 e. The molecule has 4 aromatic rings. The lowest BCUT2D eigenvalue weighted by Gasteiger charge is -2.15. The lowest BCUT2D eigenvalue weighted by atomic mass is 10.0. The Morgan fingerprint density at radius 3 is 2.75 bits per heavy atom. The molecule has 1 amide bonds. The van der Waals surface area contributed by atoms with E-state index in [2.05, 4.69) is 29.1 Å². The second kappa shape index (κ2) is 6.73. The summed E-state index contributed by atoms with van der Waals surface area (Å²) in [6, 6.07) is 3.81. The highest BCUT2D eigenvalue weighted by molar-refractivity contribution is 7.00. The smallest absolute Gasteiger partial charge is 0.257 e. The first-order chi connectivity index (χ1) is 15.4. The third kappa shape index (κ3) is 2.86. The summed E-state index contributed by atoms with van der Waals surface area (Å²) < 4.78 is 35.1. The van der Waals surface area contributed by atoms with E-state index in [0.29, 0.717) is 30.3 Å². The van der Waals surface area contributed by atoms with Gasteiger partial charge in [0.05, 0.1) is 29.0 Å². The molecule has 0 bridgehead atoms. The number of hydrogen-bond acceptors (Lipinski definition) is 8. The maximum absolute atomic E-state index is 13.3. The number of benzene rings is 1. The average molecular weight is 454 g/mol. The first kappa shape index (κ1) is 19.2. The van der Waals surface area contributed by atoms with Gasteiger partial charge in [0.2, 0.25) is 11.9 Å². The minimum Gasteiger partial charge on any atom is -0.324 e. The van der Waals surface area contributed by atoms with E-state index >= 15 is 0 Å². The Hall–Kier alpha value is -3.54. The normalized spacial score (nSPS) is 16.4. The van der Waals surface area contributed by atoms with Gasteiger partial charge in [0.15, 0.2) is 0 Å². The van der Waals surface area contributed by atoms with Crippen molar-refractivity contribution in [2.75, 3.05) is 10.2 Å². The molecule has 1 N–H and O–H groups in total. The molecule has 0 unspecified atom stereocenters. The van der Waals surface area contributed by atoms with Crippen LogP contribution in [0, 0.1) is 6.92 Å². The van der Waals surface area contributed by atoms with Crippen LogP contribution in [0.2, 0.25) is 0 Å². The zero-order valence-corrected chi connectivity index (χ0v) is 17.6. The molecule has 1 spiro atoms. The number of amides is 1. The Balaban J connectivity index is 1.38. The summed E-state index contributed by atoms with van der Waals surface area (Å²) in [7, 11) is 0. The number of fused-ring (bicyclic) bond motifs is 3. The first-order valence-corrected chi connectivity index (χ1v) is 10.7. The van der Waals surface area contributed by atoms with Crippen LogP contribution in [0.15, 0.2) is 30.7 Å². The number of hydrogen-bond donors (Lipinski definition) is 1. The summed E-state index contributed by atoms with van der Waals surface area (Å²) in [6.07, 6.45) is 3.42. The Kier molecular flexibility index (Phi) is 4.03. The number of alkyl halides is 2. The van der Waals surface area contributed by atoms with Crippen molar-refractivity contribution in [1.82, 2.24) is 28.5 Å². The number of aryl methyl sites for hydroxylation is 1. The predicted octanol–water partition coefficient (Wildman–Crippen LogP) is 3.70. The van der Waals surface area contributed by atoms with Gasteiger partial charge in [-0.05, 0) is 37.5 Å². The predicted molar refractivity (Wildman–Crippen MR) is 114 cm³/mol. The van der Waals surface area contributed by atoms with E-state index in [1.165, 1.54) is 17.3 Å². The Bertz CT molecular complexity index is 1380. The van der Waals surface area contributed by atoms with Crippen molar-refractivity contribution in [3.63, 3.8) is 0 Å². The van der Waals surface area contributed by atoms with Crippen molar-refractivity contribution in [1.29, 1.82) is 0 Å². The fourth-order valence-electron chi connectivity index (χ4n) is 4.11. The van der Waals surface area contributed by atoms with E-state index in [9.17, 15) is 13.6 Å². The van der Waals surface area contributed by atoms with Crippen LogP contribution in [0.25, 0.3) is 11.0 Å². The lowest BCUT2D eigenvalue weighted by Crippen LogP contribution is -2.28. The Labute approximate surface area is 184 Å². The van der Waals surface area contributed by atoms with E-state index in [0.717, 1.165) is 44.3 Å². The van der Waals surface area contributed by atoms with Crippen LogP contribution in [0.4, 0.5) is 31.9 Å². The Morgan fingerprint density at radius 2 is 2.00 bits per heavy atom. The number of anilines is 4. The molecule has 12 heteroatoms. The Morgan fingerprint density at radius 1 is 1.22 bits per heavy atom. The second-order valence-corrected chi connectivity index (χ2v) is 8.54. The van der Waals surface area contributed by atoms with Crippen molar-refractivity contribution in [3.8, 4) is 0 Å². The minimum absolute atomic E-state index is 0.123. The average Bonchev–Trinajstić information content (AvgIpc) is 3.12. The maximum atomic E-state index is 13.3. The fraction of sp³-hybridized carbons (Fsp3) is 0.300. The number of halogens is 2. The molecule has 0 radical (unpaired) electrons. The van der Waals surface area contributed by atoms with Gasteiger partial charge in [-0.15, -0.1) is 0 Å². The number of aromatic nitrogens is 6. The summed E-state index contributed by atoms with van der Waals surface area (Å²) in [4.78, 5) is 23.8. The van der Waals surface area contributed by atoms with E-state index in [4.69, 9.17) is 0 Å².